The van der Waals surface area contributed by atoms with Gasteiger partial charge < -0.3 is 15.2 Å². The van der Waals surface area contributed by atoms with Crippen LogP contribution in [0.4, 0.5) is 11.4 Å². The lowest BCUT2D eigenvalue weighted by molar-refractivity contribution is -0.118. The SMILES string of the molecule is O=C1COc2ccc(C3(O)c4ccccc4C(=O)N3c3cccc(-c4ccccc4)c3)cc2N1. The van der Waals surface area contributed by atoms with Gasteiger partial charge in [-0.3, -0.25) is 14.5 Å². The van der Waals surface area contributed by atoms with Crippen LogP contribution in [0.2, 0.25) is 0 Å². The molecule has 1 atom stereocenters. The first kappa shape index (κ1) is 20.2. The molecular formula is C28H20N2O4. The van der Waals surface area contributed by atoms with Crippen LogP contribution in [0, 0.1) is 0 Å². The Morgan fingerprint density at radius 1 is 0.824 bits per heavy atom. The summed E-state index contributed by atoms with van der Waals surface area (Å²) < 4.78 is 5.48. The van der Waals surface area contributed by atoms with E-state index in [1.807, 2.05) is 54.6 Å². The molecule has 0 spiro atoms. The average Bonchev–Trinajstić information content (AvgIpc) is 3.12. The molecule has 166 valence electrons. The number of carbonyl (C=O) groups is 2. The van der Waals surface area contributed by atoms with Gasteiger partial charge in [-0.05, 0) is 47.5 Å². The van der Waals surface area contributed by atoms with E-state index in [-0.39, 0.29) is 18.4 Å². The maximum atomic E-state index is 13.6. The van der Waals surface area contributed by atoms with Crippen molar-refractivity contribution in [2.24, 2.45) is 0 Å². The lowest BCUT2D eigenvalue weighted by atomic mass is 9.92. The number of nitrogens with zero attached hydrogens (tertiary/aromatic N) is 1. The van der Waals surface area contributed by atoms with Crippen LogP contribution in [0.5, 0.6) is 5.75 Å². The summed E-state index contributed by atoms with van der Waals surface area (Å²) in [6, 6.07) is 29.5. The van der Waals surface area contributed by atoms with Gasteiger partial charge in [-0.15, -0.1) is 0 Å². The molecule has 0 radical (unpaired) electrons. The summed E-state index contributed by atoms with van der Waals surface area (Å²) in [5, 5.41) is 15.1. The summed E-state index contributed by atoms with van der Waals surface area (Å²) in [5.74, 6) is -0.0598. The number of aliphatic hydroxyl groups is 1. The summed E-state index contributed by atoms with van der Waals surface area (Å²) in [7, 11) is 0. The Hall–Kier alpha value is -4.42. The molecule has 0 fully saturated rings. The second-order valence-electron chi connectivity index (χ2n) is 8.32. The maximum Gasteiger partial charge on any atom is 0.262 e. The Morgan fingerprint density at radius 2 is 1.59 bits per heavy atom. The summed E-state index contributed by atoms with van der Waals surface area (Å²) >= 11 is 0. The summed E-state index contributed by atoms with van der Waals surface area (Å²) in [4.78, 5) is 26.9. The smallest absolute Gasteiger partial charge is 0.262 e. The van der Waals surface area contributed by atoms with Crippen LogP contribution in [-0.2, 0) is 10.5 Å². The Kier molecular flexibility index (Phi) is 4.50. The van der Waals surface area contributed by atoms with Crippen LogP contribution in [-0.4, -0.2) is 23.5 Å². The van der Waals surface area contributed by atoms with E-state index in [4.69, 9.17) is 4.74 Å². The van der Waals surface area contributed by atoms with Crippen molar-refractivity contribution in [3.8, 4) is 16.9 Å². The number of anilines is 2. The van der Waals surface area contributed by atoms with Crippen molar-refractivity contribution in [3.05, 3.63) is 114 Å². The summed E-state index contributed by atoms with van der Waals surface area (Å²) in [6.07, 6.45) is 0. The Labute approximate surface area is 196 Å². The fourth-order valence-electron chi connectivity index (χ4n) is 4.71. The van der Waals surface area contributed by atoms with Crippen LogP contribution < -0.4 is 15.0 Å². The van der Waals surface area contributed by atoms with Crippen LogP contribution in [0.3, 0.4) is 0 Å². The number of rotatable bonds is 3. The highest BCUT2D eigenvalue weighted by molar-refractivity contribution is 6.12. The highest BCUT2D eigenvalue weighted by Gasteiger charge is 2.51. The topological polar surface area (TPSA) is 78.9 Å². The van der Waals surface area contributed by atoms with E-state index in [1.165, 1.54) is 4.90 Å². The van der Waals surface area contributed by atoms with E-state index < -0.39 is 5.72 Å². The van der Waals surface area contributed by atoms with E-state index in [1.54, 1.807) is 42.5 Å². The average molecular weight is 448 g/mol. The van der Waals surface area contributed by atoms with Gasteiger partial charge in [0.05, 0.1) is 5.69 Å². The molecule has 6 rings (SSSR count). The van der Waals surface area contributed by atoms with Gasteiger partial charge in [0.2, 0.25) is 0 Å². The van der Waals surface area contributed by atoms with Gasteiger partial charge >= 0.3 is 0 Å². The van der Waals surface area contributed by atoms with Crippen LogP contribution in [0.1, 0.15) is 21.5 Å². The largest absolute Gasteiger partial charge is 0.482 e. The molecular weight excluding hydrogens is 428 g/mol. The molecule has 4 aromatic rings. The predicted molar refractivity (Wildman–Crippen MR) is 129 cm³/mol. The van der Waals surface area contributed by atoms with Crippen molar-refractivity contribution < 1.29 is 19.4 Å². The zero-order chi connectivity index (χ0) is 23.3. The second kappa shape index (κ2) is 7.57. The molecule has 0 bridgehead atoms. The van der Waals surface area contributed by atoms with E-state index >= 15 is 0 Å². The fraction of sp³-hybridized carbons (Fsp3) is 0.0714. The second-order valence-corrected chi connectivity index (χ2v) is 8.32. The third kappa shape index (κ3) is 3.00. The van der Waals surface area contributed by atoms with Crippen LogP contribution >= 0.6 is 0 Å². The molecule has 6 nitrogen and oxygen atoms in total. The molecule has 6 heteroatoms. The zero-order valence-electron chi connectivity index (χ0n) is 18.1. The number of hydrogen-bond acceptors (Lipinski definition) is 4. The number of benzene rings is 4. The van der Waals surface area contributed by atoms with Crippen molar-refractivity contribution >= 4 is 23.2 Å². The Morgan fingerprint density at radius 3 is 2.44 bits per heavy atom. The van der Waals surface area contributed by atoms with E-state index in [0.29, 0.717) is 33.8 Å². The molecule has 2 amide bonds. The normalized spacial score (nSPS) is 18.7. The van der Waals surface area contributed by atoms with Crippen molar-refractivity contribution in [1.29, 1.82) is 0 Å². The molecule has 2 heterocycles. The predicted octanol–water partition coefficient (Wildman–Crippen LogP) is 4.54. The third-order valence-electron chi connectivity index (χ3n) is 6.29. The van der Waals surface area contributed by atoms with Gasteiger partial charge in [-0.25, -0.2) is 0 Å². The lowest BCUT2D eigenvalue weighted by Crippen LogP contribution is -2.45. The molecule has 0 aromatic heterocycles. The van der Waals surface area contributed by atoms with Gasteiger partial charge in [-0.2, -0.15) is 0 Å². The first-order valence-electron chi connectivity index (χ1n) is 10.9. The number of hydrogen-bond donors (Lipinski definition) is 2. The minimum absolute atomic E-state index is 0.0592. The Balaban J connectivity index is 1.53. The van der Waals surface area contributed by atoms with Gasteiger partial charge in [-0.1, -0.05) is 60.7 Å². The first-order chi connectivity index (χ1) is 16.6. The van der Waals surface area contributed by atoms with Gasteiger partial charge in [0.25, 0.3) is 11.8 Å². The molecule has 0 aliphatic carbocycles. The lowest BCUT2D eigenvalue weighted by Gasteiger charge is -2.35. The minimum Gasteiger partial charge on any atom is -0.482 e. The molecule has 1 unspecified atom stereocenters. The van der Waals surface area contributed by atoms with Crippen LogP contribution in [0.15, 0.2) is 97.1 Å². The van der Waals surface area contributed by atoms with Gasteiger partial charge in [0.15, 0.2) is 12.3 Å². The van der Waals surface area contributed by atoms with Gasteiger partial charge in [0.1, 0.15) is 5.75 Å². The van der Waals surface area contributed by atoms with E-state index in [2.05, 4.69) is 5.32 Å². The number of nitrogens with one attached hydrogen (secondary N) is 1. The summed E-state index contributed by atoms with van der Waals surface area (Å²) in [6.45, 7) is -0.0592. The number of fused-ring (bicyclic) bond motifs is 2. The zero-order valence-corrected chi connectivity index (χ0v) is 18.1. The number of amides is 2. The number of carbonyl (C=O) groups excluding carboxylic acids is 2. The van der Waals surface area contributed by atoms with E-state index in [0.717, 1.165) is 11.1 Å². The summed E-state index contributed by atoms with van der Waals surface area (Å²) in [5.41, 5.74) is 2.52. The first-order valence-corrected chi connectivity index (χ1v) is 10.9. The highest BCUT2D eigenvalue weighted by atomic mass is 16.5. The van der Waals surface area contributed by atoms with Crippen LogP contribution in [0.25, 0.3) is 11.1 Å². The molecule has 0 saturated carbocycles. The van der Waals surface area contributed by atoms with Gasteiger partial charge in [0, 0.05) is 22.4 Å². The maximum absolute atomic E-state index is 13.6. The molecule has 34 heavy (non-hydrogen) atoms. The quantitative estimate of drug-likeness (QED) is 0.482. The van der Waals surface area contributed by atoms with Crippen molar-refractivity contribution in [3.63, 3.8) is 0 Å². The molecule has 0 saturated heterocycles. The molecule has 4 aromatic carbocycles. The Bertz CT molecular complexity index is 1450. The molecule has 2 aliphatic rings. The number of ether oxygens (including phenoxy) is 1. The van der Waals surface area contributed by atoms with Crippen molar-refractivity contribution in [2.75, 3.05) is 16.8 Å². The van der Waals surface area contributed by atoms with Crippen molar-refractivity contribution in [2.45, 2.75) is 5.72 Å². The molecule has 2 N–H and O–H groups in total. The fourth-order valence-corrected chi connectivity index (χ4v) is 4.71. The molecule has 2 aliphatic heterocycles. The van der Waals surface area contributed by atoms with E-state index in [9.17, 15) is 14.7 Å². The highest BCUT2D eigenvalue weighted by Crippen LogP contribution is 2.47. The standard InChI is InChI=1S/C28H20N2O4/c31-26-17-34-25-14-13-20(16-24(25)29-26)28(33)23-12-5-4-11-22(23)27(32)30(28)21-10-6-9-19(15-21)18-7-2-1-3-8-18/h1-16,33H,17H2,(H,29,31). The monoisotopic (exact) mass is 448 g/mol. The minimum atomic E-state index is -1.78. The third-order valence-corrected chi connectivity index (χ3v) is 6.29. The van der Waals surface area contributed by atoms with Crippen molar-refractivity contribution in [1.82, 2.24) is 0 Å².